The zero-order valence-electron chi connectivity index (χ0n) is 5.76. The molecule has 0 rings (SSSR count). The predicted octanol–water partition coefficient (Wildman–Crippen LogP) is 0.124. The van der Waals surface area contributed by atoms with Gasteiger partial charge in [0.05, 0.1) is 13.2 Å². The molecule has 0 aromatic rings. The smallest absolute Gasteiger partial charge is 0.247 e. The van der Waals surface area contributed by atoms with E-state index in [9.17, 15) is 8.42 Å². The number of thiol groups is 2. The summed E-state index contributed by atoms with van der Waals surface area (Å²) in [6, 6.07) is 0. The Morgan fingerprint density at radius 1 is 1.00 bits per heavy atom. The van der Waals surface area contributed by atoms with Gasteiger partial charge in [-0.2, -0.15) is 33.7 Å². The lowest BCUT2D eigenvalue weighted by Gasteiger charge is -2.02. The third-order valence-electron chi connectivity index (χ3n) is 0.638. The second-order valence-electron chi connectivity index (χ2n) is 1.50. The minimum absolute atomic E-state index is 0.0258. The molecule has 0 amide bonds. The Balaban J connectivity index is 3.63. The summed E-state index contributed by atoms with van der Waals surface area (Å²) in [5, 5.41) is 0. The van der Waals surface area contributed by atoms with E-state index in [1.165, 1.54) is 0 Å². The van der Waals surface area contributed by atoms with Crippen LogP contribution in [0.4, 0.5) is 0 Å². The van der Waals surface area contributed by atoms with Crippen LogP contribution in [0.25, 0.3) is 0 Å². The van der Waals surface area contributed by atoms with Crippen LogP contribution in [0.3, 0.4) is 0 Å². The summed E-state index contributed by atoms with van der Waals surface area (Å²) in [6.45, 7) is 0.0516. The maximum atomic E-state index is 10.6. The van der Waals surface area contributed by atoms with Crippen molar-refractivity contribution in [3.8, 4) is 0 Å². The molecular weight excluding hydrogens is 208 g/mol. The summed E-state index contributed by atoms with van der Waals surface area (Å²) >= 11 is 7.53. The van der Waals surface area contributed by atoms with Gasteiger partial charge in [0.25, 0.3) is 0 Å². The van der Waals surface area contributed by atoms with Gasteiger partial charge >= 0.3 is 10.4 Å². The molecule has 68 valence electrons. The zero-order chi connectivity index (χ0) is 8.74. The van der Waals surface area contributed by atoms with Crippen LogP contribution in [0.5, 0.6) is 0 Å². The van der Waals surface area contributed by atoms with Crippen LogP contribution >= 0.6 is 25.3 Å². The molecule has 0 aliphatic heterocycles. The molecule has 0 heterocycles. The topological polar surface area (TPSA) is 52.6 Å². The first kappa shape index (κ1) is 11.6. The fraction of sp³-hybridized carbons (Fsp3) is 1.00. The second kappa shape index (κ2) is 6.13. The molecule has 0 radical (unpaired) electrons. The van der Waals surface area contributed by atoms with Crippen LogP contribution in [-0.4, -0.2) is 33.1 Å². The summed E-state index contributed by atoms with van der Waals surface area (Å²) in [4.78, 5) is 0. The first-order valence-electron chi connectivity index (χ1n) is 2.88. The normalized spacial score (nSPS) is 11.8. The fourth-order valence-electron chi connectivity index (χ4n) is 0.313. The summed E-state index contributed by atoms with van der Waals surface area (Å²) in [6.07, 6.45) is 0. The van der Waals surface area contributed by atoms with Crippen molar-refractivity contribution in [2.45, 2.75) is 0 Å². The Labute approximate surface area is 77.4 Å². The van der Waals surface area contributed by atoms with Gasteiger partial charge in [0.2, 0.25) is 0 Å². The highest BCUT2D eigenvalue weighted by Crippen LogP contribution is 1.96. The average Bonchev–Trinajstić information content (AvgIpc) is 1.97. The monoisotopic (exact) mass is 218 g/mol. The van der Waals surface area contributed by atoms with Gasteiger partial charge in [0, 0.05) is 11.5 Å². The van der Waals surface area contributed by atoms with Gasteiger partial charge in [-0.05, 0) is 0 Å². The molecule has 7 heteroatoms. The van der Waals surface area contributed by atoms with E-state index in [2.05, 4.69) is 33.6 Å². The molecular formula is C4H10O4S3. The third kappa shape index (κ3) is 6.95. The maximum absolute atomic E-state index is 10.6. The molecule has 0 fully saturated rings. The highest BCUT2D eigenvalue weighted by molar-refractivity contribution is 7.82. The molecule has 11 heavy (non-hydrogen) atoms. The Morgan fingerprint density at radius 2 is 1.36 bits per heavy atom. The van der Waals surface area contributed by atoms with Crippen molar-refractivity contribution in [2.24, 2.45) is 0 Å². The van der Waals surface area contributed by atoms with Crippen molar-refractivity contribution >= 4 is 35.7 Å². The van der Waals surface area contributed by atoms with Crippen molar-refractivity contribution in [1.82, 2.24) is 0 Å². The molecule has 0 saturated carbocycles. The Morgan fingerprint density at radius 3 is 1.64 bits per heavy atom. The number of hydrogen-bond acceptors (Lipinski definition) is 6. The van der Waals surface area contributed by atoms with Crippen molar-refractivity contribution in [1.29, 1.82) is 0 Å². The lowest BCUT2D eigenvalue weighted by atomic mass is 10.9. The lowest BCUT2D eigenvalue weighted by Crippen LogP contribution is -2.12. The summed E-state index contributed by atoms with van der Waals surface area (Å²) in [7, 11) is -3.80. The van der Waals surface area contributed by atoms with Crippen molar-refractivity contribution in [3.63, 3.8) is 0 Å². The second-order valence-corrected chi connectivity index (χ2v) is 3.68. The molecule has 0 spiro atoms. The van der Waals surface area contributed by atoms with Crippen LogP contribution in [0, 0.1) is 0 Å². The molecule has 0 unspecified atom stereocenters. The molecule has 0 aliphatic rings. The molecule has 0 saturated heterocycles. The Hall–Kier alpha value is 0.570. The summed E-state index contributed by atoms with van der Waals surface area (Å²) in [5.74, 6) is 0.674. The van der Waals surface area contributed by atoms with Gasteiger partial charge in [0.1, 0.15) is 0 Å². The summed E-state index contributed by atoms with van der Waals surface area (Å²) < 4.78 is 29.9. The highest BCUT2D eigenvalue weighted by atomic mass is 32.3. The number of rotatable bonds is 6. The third-order valence-corrected chi connectivity index (χ3v) is 1.91. The SMILES string of the molecule is O=S(=O)(OCCS)OCCS. The van der Waals surface area contributed by atoms with Gasteiger partial charge in [-0.3, -0.25) is 0 Å². The van der Waals surface area contributed by atoms with Gasteiger partial charge < -0.3 is 0 Å². The Kier molecular flexibility index (Phi) is 6.44. The lowest BCUT2D eigenvalue weighted by molar-refractivity contribution is 0.234. The maximum Gasteiger partial charge on any atom is 0.399 e. The van der Waals surface area contributed by atoms with E-state index in [0.717, 1.165) is 0 Å². The average molecular weight is 218 g/mol. The van der Waals surface area contributed by atoms with E-state index in [4.69, 9.17) is 0 Å². The zero-order valence-corrected chi connectivity index (χ0v) is 8.37. The van der Waals surface area contributed by atoms with Gasteiger partial charge in [0.15, 0.2) is 0 Å². The molecule has 0 aromatic carbocycles. The van der Waals surface area contributed by atoms with Crippen molar-refractivity contribution in [3.05, 3.63) is 0 Å². The molecule has 4 nitrogen and oxygen atoms in total. The van der Waals surface area contributed by atoms with E-state index in [-0.39, 0.29) is 13.2 Å². The van der Waals surface area contributed by atoms with Gasteiger partial charge in [-0.15, -0.1) is 0 Å². The summed E-state index contributed by atoms with van der Waals surface area (Å²) in [5.41, 5.74) is 0. The van der Waals surface area contributed by atoms with E-state index in [0.29, 0.717) is 11.5 Å². The largest absolute Gasteiger partial charge is 0.399 e. The van der Waals surface area contributed by atoms with E-state index >= 15 is 0 Å². The first-order chi connectivity index (χ1) is 5.12. The quantitative estimate of drug-likeness (QED) is 0.622. The standard InChI is InChI=1S/C4H10O4S3/c5-11(6,7-1-3-9)8-2-4-10/h9-10H,1-4H2. The number of hydrogen-bond donors (Lipinski definition) is 2. The van der Waals surface area contributed by atoms with E-state index in [1.807, 2.05) is 0 Å². The van der Waals surface area contributed by atoms with Crippen molar-refractivity contribution in [2.75, 3.05) is 24.7 Å². The molecule has 0 bridgehead atoms. The highest BCUT2D eigenvalue weighted by Gasteiger charge is 2.09. The van der Waals surface area contributed by atoms with Crippen LogP contribution in [0.2, 0.25) is 0 Å². The van der Waals surface area contributed by atoms with Crippen molar-refractivity contribution < 1.29 is 16.8 Å². The van der Waals surface area contributed by atoms with E-state index < -0.39 is 10.4 Å². The van der Waals surface area contributed by atoms with Crippen LogP contribution < -0.4 is 0 Å². The first-order valence-corrected chi connectivity index (χ1v) is 5.47. The minimum Gasteiger partial charge on any atom is -0.247 e. The Bertz CT molecular complexity index is 162. The predicted molar refractivity (Wildman–Crippen MR) is 48.5 cm³/mol. The molecule has 0 aromatic heterocycles. The molecule has 0 N–H and O–H groups in total. The molecule has 0 atom stereocenters. The minimum atomic E-state index is -3.80. The van der Waals surface area contributed by atoms with Gasteiger partial charge in [-0.1, -0.05) is 0 Å². The van der Waals surface area contributed by atoms with Gasteiger partial charge in [-0.25, -0.2) is 8.37 Å². The van der Waals surface area contributed by atoms with Crippen LogP contribution in [0.15, 0.2) is 0 Å². The molecule has 0 aliphatic carbocycles. The van der Waals surface area contributed by atoms with Crippen LogP contribution in [0.1, 0.15) is 0 Å². The fourth-order valence-corrected chi connectivity index (χ4v) is 1.39. The van der Waals surface area contributed by atoms with E-state index in [1.54, 1.807) is 0 Å². The van der Waals surface area contributed by atoms with Crippen LogP contribution in [-0.2, 0) is 18.8 Å².